The second-order valence-corrected chi connectivity index (χ2v) is 6.03. The van der Waals surface area contributed by atoms with Gasteiger partial charge in [0.15, 0.2) is 0 Å². The van der Waals surface area contributed by atoms with E-state index in [4.69, 9.17) is 5.11 Å². The smallest absolute Gasteiger partial charge is 0.335 e. The first kappa shape index (κ1) is 19.2. The molecule has 26 heavy (non-hydrogen) atoms. The van der Waals surface area contributed by atoms with Gasteiger partial charge in [-0.3, -0.25) is 9.59 Å². The van der Waals surface area contributed by atoms with Gasteiger partial charge in [-0.15, -0.1) is 0 Å². The highest BCUT2D eigenvalue weighted by atomic mass is 16.4. The summed E-state index contributed by atoms with van der Waals surface area (Å²) in [6, 6.07) is 13.7. The molecule has 0 aliphatic carbocycles. The predicted octanol–water partition coefficient (Wildman–Crippen LogP) is 2.34. The maximum atomic E-state index is 12.3. The topological polar surface area (TPSA) is 86.7 Å². The van der Waals surface area contributed by atoms with E-state index in [2.05, 4.69) is 5.32 Å². The highest BCUT2D eigenvalue weighted by Gasteiger charge is 2.11. The summed E-state index contributed by atoms with van der Waals surface area (Å²) >= 11 is 0. The van der Waals surface area contributed by atoms with E-state index in [9.17, 15) is 14.4 Å². The Bertz CT molecular complexity index is 782. The lowest BCUT2D eigenvalue weighted by Crippen LogP contribution is -2.26. The minimum Gasteiger partial charge on any atom is -0.478 e. The highest BCUT2D eigenvalue weighted by molar-refractivity contribution is 5.94. The van der Waals surface area contributed by atoms with Crippen molar-refractivity contribution in [2.45, 2.75) is 19.4 Å². The number of carboxylic acids is 1. The summed E-state index contributed by atoms with van der Waals surface area (Å²) in [7, 11) is 3.32. The maximum absolute atomic E-state index is 12.3. The third kappa shape index (κ3) is 5.17. The van der Waals surface area contributed by atoms with Gasteiger partial charge in [0, 0.05) is 32.6 Å². The maximum Gasteiger partial charge on any atom is 0.335 e. The molecule has 0 unspecified atom stereocenters. The van der Waals surface area contributed by atoms with E-state index < -0.39 is 5.97 Å². The van der Waals surface area contributed by atoms with Crippen molar-refractivity contribution in [1.29, 1.82) is 0 Å². The zero-order valence-electron chi connectivity index (χ0n) is 14.9. The van der Waals surface area contributed by atoms with Gasteiger partial charge in [-0.05, 0) is 41.8 Å². The van der Waals surface area contributed by atoms with Crippen LogP contribution in [0.5, 0.6) is 0 Å². The molecular weight excluding hydrogens is 332 g/mol. The van der Waals surface area contributed by atoms with Crippen LogP contribution in [0.1, 0.15) is 38.3 Å². The average Bonchev–Trinajstić information content (AvgIpc) is 2.66. The largest absolute Gasteiger partial charge is 0.478 e. The molecule has 0 radical (unpaired) electrons. The van der Waals surface area contributed by atoms with Gasteiger partial charge in [-0.25, -0.2) is 4.79 Å². The number of carbonyl (C=O) groups excluding carboxylic acids is 2. The van der Waals surface area contributed by atoms with Crippen molar-refractivity contribution >= 4 is 17.8 Å². The number of carboxylic acid groups (broad SMARTS) is 1. The summed E-state index contributed by atoms with van der Waals surface area (Å²) in [5.74, 6) is -1.10. The van der Waals surface area contributed by atoms with E-state index in [-0.39, 0.29) is 17.4 Å². The normalized spacial score (nSPS) is 10.2. The molecular formula is C20H22N2O4. The fourth-order valence-electron chi connectivity index (χ4n) is 2.52. The van der Waals surface area contributed by atoms with Crippen LogP contribution in [0.2, 0.25) is 0 Å². The fraction of sp³-hybridized carbons (Fsp3) is 0.250. The van der Waals surface area contributed by atoms with Gasteiger partial charge in [0.25, 0.3) is 5.91 Å². The first-order valence-electron chi connectivity index (χ1n) is 8.28. The quantitative estimate of drug-likeness (QED) is 0.799. The van der Waals surface area contributed by atoms with Crippen LogP contribution < -0.4 is 5.32 Å². The van der Waals surface area contributed by atoms with E-state index in [0.717, 1.165) is 11.1 Å². The SMILES string of the molecule is CNC(=O)c1ccc(CN(C)C(=O)CCc2ccc(C(=O)O)cc2)cc1. The molecule has 2 aromatic carbocycles. The average molecular weight is 354 g/mol. The fourth-order valence-corrected chi connectivity index (χ4v) is 2.52. The summed E-state index contributed by atoms with van der Waals surface area (Å²) < 4.78 is 0. The summed E-state index contributed by atoms with van der Waals surface area (Å²) in [5.41, 5.74) is 2.68. The Morgan fingerprint density at radius 3 is 2.00 bits per heavy atom. The summed E-state index contributed by atoms with van der Waals surface area (Å²) in [6.45, 7) is 0.463. The molecule has 0 heterocycles. The van der Waals surface area contributed by atoms with E-state index in [1.165, 1.54) is 0 Å². The van der Waals surface area contributed by atoms with Crippen LogP contribution in [-0.4, -0.2) is 41.9 Å². The van der Waals surface area contributed by atoms with E-state index in [1.54, 1.807) is 55.4 Å². The molecule has 0 saturated carbocycles. The first-order chi connectivity index (χ1) is 12.4. The van der Waals surface area contributed by atoms with Crippen molar-refractivity contribution in [3.05, 3.63) is 70.8 Å². The number of benzene rings is 2. The van der Waals surface area contributed by atoms with Gasteiger partial charge in [0.05, 0.1) is 5.56 Å². The molecule has 2 rings (SSSR count). The van der Waals surface area contributed by atoms with Crippen LogP contribution in [0.3, 0.4) is 0 Å². The van der Waals surface area contributed by atoms with Gasteiger partial charge in [-0.1, -0.05) is 24.3 Å². The van der Waals surface area contributed by atoms with Crippen molar-refractivity contribution < 1.29 is 19.5 Å². The third-order valence-corrected chi connectivity index (χ3v) is 4.12. The molecule has 6 heteroatoms. The zero-order chi connectivity index (χ0) is 19.1. The predicted molar refractivity (Wildman–Crippen MR) is 98.0 cm³/mol. The first-order valence-corrected chi connectivity index (χ1v) is 8.28. The monoisotopic (exact) mass is 354 g/mol. The molecule has 0 saturated heterocycles. The number of carbonyl (C=O) groups is 3. The Kier molecular flexibility index (Phi) is 6.49. The third-order valence-electron chi connectivity index (χ3n) is 4.12. The molecule has 0 fully saturated rings. The highest BCUT2D eigenvalue weighted by Crippen LogP contribution is 2.10. The van der Waals surface area contributed by atoms with Crippen LogP contribution in [0.25, 0.3) is 0 Å². The summed E-state index contributed by atoms with van der Waals surface area (Å²) in [4.78, 5) is 36.3. The number of nitrogens with zero attached hydrogens (tertiary/aromatic N) is 1. The number of nitrogens with one attached hydrogen (secondary N) is 1. The van der Waals surface area contributed by atoms with Crippen molar-refractivity contribution in [1.82, 2.24) is 10.2 Å². The van der Waals surface area contributed by atoms with Gasteiger partial charge in [0.1, 0.15) is 0 Å². The minimum absolute atomic E-state index is 0.00249. The zero-order valence-corrected chi connectivity index (χ0v) is 14.9. The molecule has 2 aromatic rings. The molecule has 0 atom stereocenters. The van der Waals surface area contributed by atoms with Crippen LogP contribution in [0.15, 0.2) is 48.5 Å². The Balaban J connectivity index is 1.87. The lowest BCUT2D eigenvalue weighted by atomic mass is 10.1. The molecule has 0 aromatic heterocycles. The molecule has 136 valence electrons. The Labute approximate surface area is 152 Å². The molecule has 2 amide bonds. The van der Waals surface area contributed by atoms with Gasteiger partial charge >= 0.3 is 5.97 Å². The number of rotatable bonds is 7. The molecule has 0 aliphatic rings. The minimum atomic E-state index is -0.963. The van der Waals surface area contributed by atoms with Gasteiger partial charge in [0.2, 0.25) is 5.91 Å². The van der Waals surface area contributed by atoms with Crippen molar-refractivity contribution in [2.24, 2.45) is 0 Å². The number of hydrogen-bond donors (Lipinski definition) is 2. The molecule has 0 aliphatic heterocycles. The van der Waals surface area contributed by atoms with Crippen LogP contribution >= 0.6 is 0 Å². The number of aryl methyl sites for hydroxylation is 1. The standard InChI is InChI=1S/C20H22N2O4/c1-21-19(24)16-8-5-15(6-9-16)13-22(2)18(23)12-7-14-3-10-17(11-4-14)20(25)26/h3-6,8-11H,7,12-13H2,1-2H3,(H,21,24)(H,25,26). The van der Waals surface area contributed by atoms with E-state index >= 15 is 0 Å². The van der Waals surface area contributed by atoms with Crippen LogP contribution in [0, 0.1) is 0 Å². The van der Waals surface area contributed by atoms with Gasteiger partial charge < -0.3 is 15.3 Å². The van der Waals surface area contributed by atoms with Crippen molar-refractivity contribution in [3.8, 4) is 0 Å². The summed E-state index contributed by atoms with van der Waals surface area (Å²) in [6.07, 6.45) is 0.901. The Hall–Kier alpha value is -3.15. The van der Waals surface area contributed by atoms with E-state index in [0.29, 0.717) is 24.9 Å². The number of amides is 2. The van der Waals surface area contributed by atoms with Crippen molar-refractivity contribution in [3.63, 3.8) is 0 Å². The molecule has 0 spiro atoms. The molecule has 2 N–H and O–H groups in total. The Morgan fingerprint density at radius 1 is 0.923 bits per heavy atom. The second-order valence-electron chi connectivity index (χ2n) is 6.03. The lowest BCUT2D eigenvalue weighted by molar-refractivity contribution is -0.130. The van der Waals surface area contributed by atoms with Crippen molar-refractivity contribution in [2.75, 3.05) is 14.1 Å². The lowest BCUT2D eigenvalue weighted by Gasteiger charge is -2.17. The molecule has 0 bridgehead atoms. The van der Waals surface area contributed by atoms with Crippen LogP contribution in [-0.2, 0) is 17.8 Å². The molecule has 6 nitrogen and oxygen atoms in total. The second kappa shape index (κ2) is 8.80. The summed E-state index contributed by atoms with van der Waals surface area (Å²) in [5, 5.41) is 11.5. The van der Waals surface area contributed by atoms with Gasteiger partial charge in [-0.2, -0.15) is 0 Å². The Morgan fingerprint density at radius 2 is 1.46 bits per heavy atom. The van der Waals surface area contributed by atoms with E-state index in [1.807, 2.05) is 12.1 Å². The number of aromatic carboxylic acids is 1. The van der Waals surface area contributed by atoms with Crippen LogP contribution in [0.4, 0.5) is 0 Å². The number of hydrogen-bond acceptors (Lipinski definition) is 3.